The van der Waals surface area contributed by atoms with Gasteiger partial charge in [0.25, 0.3) is 0 Å². The smallest absolute Gasteiger partial charge is 0.181 e. The third-order valence-corrected chi connectivity index (χ3v) is 6.92. The van der Waals surface area contributed by atoms with Crippen LogP contribution in [0.1, 0.15) is 24.4 Å². The van der Waals surface area contributed by atoms with Crippen LogP contribution < -0.4 is 0 Å². The summed E-state index contributed by atoms with van der Waals surface area (Å²) < 4.78 is 25.3. The Morgan fingerprint density at radius 3 is 2.56 bits per heavy atom. The summed E-state index contributed by atoms with van der Waals surface area (Å²) in [6, 6.07) is 11.8. The van der Waals surface area contributed by atoms with E-state index in [2.05, 4.69) is 4.90 Å². The number of benzene rings is 2. The van der Waals surface area contributed by atoms with Gasteiger partial charge in [0.1, 0.15) is 5.75 Å². The molecule has 1 aliphatic rings. The molecule has 1 saturated heterocycles. The van der Waals surface area contributed by atoms with E-state index in [1.807, 2.05) is 12.1 Å². The van der Waals surface area contributed by atoms with Crippen molar-refractivity contribution in [3.63, 3.8) is 0 Å². The van der Waals surface area contributed by atoms with Gasteiger partial charge in [0, 0.05) is 17.6 Å². The van der Waals surface area contributed by atoms with Crippen molar-refractivity contribution in [2.24, 2.45) is 0 Å². The van der Waals surface area contributed by atoms with Gasteiger partial charge < -0.3 is 5.11 Å². The van der Waals surface area contributed by atoms with Crippen molar-refractivity contribution < 1.29 is 13.5 Å². The monoisotopic (exact) mass is 399 g/mol. The molecule has 0 spiro atoms. The maximum atomic E-state index is 12.6. The standard InChI is InChI=1S/C18H19Cl2NO3S/c19-14-5-8-16(20)18(12-14)25(23,24)11-10-21-9-1-2-17(21)13-3-6-15(22)7-4-13/h3-8,12,17,22H,1-2,9-11H2/t17-/m0/s1. The van der Waals surface area contributed by atoms with E-state index in [1.54, 1.807) is 18.2 Å². The molecule has 2 aromatic rings. The van der Waals surface area contributed by atoms with Gasteiger partial charge >= 0.3 is 0 Å². The van der Waals surface area contributed by atoms with Crippen LogP contribution in [0.5, 0.6) is 5.75 Å². The summed E-state index contributed by atoms with van der Waals surface area (Å²) >= 11 is 12.0. The number of hydrogen-bond acceptors (Lipinski definition) is 4. The third-order valence-electron chi connectivity index (χ3n) is 4.52. The summed E-state index contributed by atoms with van der Waals surface area (Å²) in [7, 11) is -3.51. The molecule has 1 N–H and O–H groups in total. The van der Waals surface area contributed by atoms with Crippen molar-refractivity contribution in [3.05, 3.63) is 58.1 Å². The van der Waals surface area contributed by atoms with Gasteiger partial charge in [0.15, 0.2) is 9.84 Å². The number of phenols is 1. The highest BCUT2D eigenvalue weighted by Gasteiger charge is 2.28. The number of nitrogens with zero attached hydrogens (tertiary/aromatic N) is 1. The van der Waals surface area contributed by atoms with Crippen molar-refractivity contribution in [3.8, 4) is 5.75 Å². The second-order valence-electron chi connectivity index (χ2n) is 6.18. The number of rotatable bonds is 5. The highest BCUT2D eigenvalue weighted by molar-refractivity contribution is 7.91. The maximum absolute atomic E-state index is 12.6. The summed E-state index contributed by atoms with van der Waals surface area (Å²) in [5.74, 6) is 0.216. The lowest BCUT2D eigenvalue weighted by Gasteiger charge is -2.24. The zero-order valence-electron chi connectivity index (χ0n) is 13.5. The van der Waals surface area contributed by atoms with E-state index in [0.717, 1.165) is 24.9 Å². The van der Waals surface area contributed by atoms with E-state index < -0.39 is 9.84 Å². The first-order valence-electron chi connectivity index (χ1n) is 8.07. The van der Waals surface area contributed by atoms with Gasteiger partial charge in [-0.3, -0.25) is 4.90 Å². The average molecular weight is 400 g/mol. The maximum Gasteiger partial charge on any atom is 0.181 e. The van der Waals surface area contributed by atoms with E-state index in [4.69, 9.17) is 23.2 Å². The minimum Gasteiger partial charge on any atom is -0.508 e. The molecule has 0 saturated carbocycles. The normalized spacial score (nSPS) is 18.6. The second kappa shape index (κ2) is 7.54. The molecule has 1 heterocycles. The first kappa shape index (κ1) is 18.5. The lowest BCUT2D eigenvalue weighted by molar-refractivity contribution is 0.272. The van der Waals surface area contributed by atoms with Crippen LogP contribution in [0, 0.1) is 0 Å². The molecule has 4 nitrogen and oxygen atoms in total. The molecule has 0 aliphatic carbocycles. The largest absolute Gasteiger partial charge is 0.508 e. The molecule has 0 amide bonds. The van der Waals surface area contributed by atoms with Crippen LogP contribution in [0.25, 0.3) is 0 Å². The molecule has 1 atom stereocenters. The van der Waals surface area contributed by atoms with Gasteiger partial charge in [-0.1, -0.05) is 35.3 Å². The fraction of sp³-hybridized carbons (Fsp3) is 0.333. The summed E-state index contributed by atoms with van der Waals surface area (Å²) in [5.41, 5.74) is 1.09. The van der Waals surface area contributed by atoms with E-state index in [1.165, 1.54) is 12.1 Å². The average Bonchev–Trinajstić information content (AvgIpc) is 3.04. The van der Waals surface area contributed by atoms with Gasteiger partial charge in [0.2, 0.25) is 0 Å². The molecule has 7 heteroatoms. The Hall–Kier alpha value is -1.27. The Kier molecular flexibility index (Phi) is 5.58. The minimum absolute atomic E-state index is 0.0123. The number of aromatic hydroxyl groups is 1. The molecule has 1 aliphatic heterocycles. The van der Waals surface area contributed by atoms with E-state index in [-0.39, 0.29) is 27.5 Å². The quantitative estimate of drug-likeness (QED) is 0.813. The topological polar surface area (TPSA) is 57.6 Å². The Morgan fingerprint density at radius 1 is 1.12 bits per heavy atom. The molecule has 25 heavy (non-hydrogen) atoms. The predicted octanol–water partition coefficient (Wildman–Crippen LogP) is 4.31. The number of hydrogen-bond donors (Lipinski definition) is 1. The lowest BCUT2D eigenvalue weighted by atomic mass is 10.0. The Bertz CT molecular complexity index is 853. The van der Waals surface area contributed by atoms with E-state index >= 15 is 0 Å². The van der Waals surface area contributed by atoms with Crippen LogP contribution in [-0.4, -0.2) is 37.3 Å². The summed E-state index contributed by atoms with van der Waals surface area (Å²) in [6.45, 7) is 1.28. The number of phenolic OH excluding ortho intramolecular Hbond substituents is 1. The molecule has 2 aromatic carbocycles. The summed E-state index contributed by atoms with van der Waals surface area (Å²) in [4.78, 5) is 2.25. The van der Waals surface area contributed by atoms with Crippen LogP contribution in [0.4, 0.5) is 0 Å². The fourth-order valence-corrected chi connectivity index (χ4v) is 5.30. The summed E-state index contributed by atoms with van der Waals surface area (Å²) in [5, 5.41) is 9.98. The van der Waals surface area contributed by atoms with Crippen molar-refractivity contribution in [2.75, 3.05) is 18.8 Å². The van der Waals surface area contributed by atoms with E-state index in [9.17, 15) is 13.5 Å². The van der Waals surface area contributed by atoms with Gasteiger partial charge in [0.05, 0.1) is 15.7 Å². The molecule has 1 fully saturated rings. The van der Waals surface area contributed by atoms with Crippen LogP contribution in [-0.2, 0) is 9.84 Å². The van der Waals surface area contributed by atoms with Gasteiger partial charge in [-0.15, -0.1) is 0 Å². The van der Waals surface area contributed by atoms with E-state index in [0.29, 0.717) is 11.6 Å². The van der Waals surface area contributed by atoms with Crippen molar-refractivity contribution in [2.45, 2.75) is 23.8 Å². The highest BCUT2D eigenvalue weighted by atomic mass is 35.5. The second-order valence-corrected chi connectivity index (χ2v) is 9.10. The molecule has 0 bridgehead atoms. The molecule has 0 radical (unpaired) electrons. The SMILES string of the molecule is O=S(=O)(CCN1CCC[C@H]1c1ccc(O)cc1)c1cc(Cl)ccc1Cl. The van der Waals surface area contributed by atoms with Crippen LogP contribution in [0.15, 0.2) is 47.4 Å². The Balaban J connectivity index is 1.73. The Labute approximate surface area is 157 Å². The van der Waals surface area contributed by atoms with Crippen LogP contribution >= 0.6 is 23.2 Å². The van der Waals surface area contributed by atoms with Crippen molar-refractivity contribution in [1.29, 1.82) is 0 Å². The number of halogens is 2. The predicted molar refractivity (Wildman–Crippen MR) is 100 cm³/mol. The third kappa shape index (κ3) is 4.29. The van der Waals surface area contributed by atoms with Crippen molar-refractivity contribution in [1.82, 2.24) is 4.90 Å². The molecule has 0 aromatic heterocycles. The summed E-state index contributed by atoms with van der Waals surface area (Å²) in [6.07, 6.45) is 1.99. The number of sulfone groups is 1. The van der Waals surface area contributed by atoms with Crippen LogP contribution in [0.3, 0.4) is 0 Å². The van der Waals surface area contributed by atoms with Crippen LogP contribution in [0.2, 0.25) is 10.0 Å². The van der Waals surface area contributed by atoms with Gasteiger partial charge in [-0.05, 0) is 55.3 Å². The van der Waals surface area contributed by atoms with Crippen molar-refractivity contribution >= 4 is 33.0 Å². The zero-order chi connectivity index (χ0) is 18.0. The number of likely N-dealkylation sites (tertiary alicyclic amines) is 1. The minimum atomic E-state index is -3.51. The molecule has 134 valence electrons. The molecule has 0 unspecified atom stereocenters. The molecular weight excluding hydrogens is 381 g/mol. The van der Waals surface area contributed by atoms with Gasteiger partial charge in [-0.2, -0.15) is 0 Å². The molecule has 3 rings (SSSR count). The lowest BCUT2D eigenvalue weighted by Crippen LogP contribution is -2.29. The fourth-order valence-electron chi connectivity index (χ4n) is 3.23. The first-order chi connectivity index (χ1) is 11.9. The molecular formula is C18H19Cl2NO3S. The highest BCUT2D eigenvalue weighted by Crippen LogP contribution is 2.33. The zero-order valence-corrected chi connectivity index (χ0v) is 15.9. The van der Waals surface area contributed by atoms with Gasteiger partial charge in [-0.25, -0.2) is 8.42 Å². The first-order valence-corrected chi connectivity index (χ1v) is 10.5. The Morgan fingerprint density at radius 2 is 1.84 bits per heavy atom.